The van der Waals surface area contributed by atoms with Gasteiger partial charge in [-0.15, -0.1) is 0 Å². The summed E-state index contributed by atoms with van der Waals surface area (Å²) >= 11 is 0. The molecule has 0 unspecified atom stereocenters. The molecule has 0 aliphatic carbocycles. The third-order valence-electron chi connectivity index (χ3n) is 3.46. The fourth-order valence-electron chi connectivity index (χ4n) is 2.21. The van der Waals surface area contributed by atoms with Crippen molar-refractivity contribution in [3.63, 3.8) is 0 Å². The number of aliphatic hydroxyl groups is 2. The SMILES string of the molecule is Cc1cc2ccccc2n1CC(=O)NC(C)(CO)CO. The van der Waals surface area contributed by atoms with Crippen LogP contribution >= 0.6 is 0 Å². The summed E-state index contributed by atoms with van der Waals surface area (Å²) in [4.78, 5) is 12.1. The average molecular weight is 276 g/mol. The number of hydrogen-bond donors (Lipinski definition) is 3. The zero-order valence-corrected chi connectivity index (χ0v) is 11.8. The Morgan fingerprint density at radius 1 is 1.30 bits per heavy atom. The summed E-state index contributed by atoms with van der Waals surface area (Å²) in [5, 5.41) is 22.2. The lowest BCUT2D eigenvalue weighted by Crippen LogP contribution is -2.52. The van der Waals surface area contributed by atoms with Crippen LogP contribution in [-0.4, -0.2) is 39.4 Å². The Hall–Kier alpha value is -1.85. The molecule has 3 N–H and O–H groups in total. The van der Waals surface area contributed by atoms with Crippen LogP contribution in [-0.2, 0) is 11.3 Å². The van der Waals surface area contributed by atoms with E-state index in [0.29, 0.717) is 0 Å². The predicted octanol–water partition coefficient (Wildman–Crippen LogP) is 0.809. The molecule has 1 heterocycles. The average Bonchev–Trinajstić information content (AvgIpc) is 2.75. The van der Waals surface area contributed by atoms with Crippen molar-refractivity contribution in [2.45, 2.75) is 25.9 Å². The van der Waals surface area contributed by atoms with E-state index in [0.717, 1.165) is 16.6 Å². The number of nitrogens with zero attached hydrogens (tertiary/aromatic N) is 1. The lowest BCUT2D eigenvalue weighted by atomic mass is 10.1. The summed E-state index contributed by atoms with van der Waals surface area (Å²) < 4.78 is 1.92. The highest BCUT2D eigenvalue weighted by Gasteiger charge is 2.24. The van der Waals surface area contributed by atoms with Crippen LogP contribution in [0.25, 0.3) is 10.9 Å². The maximum absolute atomic E-state index is 12.1. The zero-order valence-electron chi connectivity index (χ0n) is 11.8. The van der Waals surface area contributed by atoms with E-state index >= 15 is 0 Å². The van der Waals surface area contributed by atoms with Gasteiger partial charge in [-0.05, 0) is 31.4 Å². The van der Waals surface area contributed by atoms with E-state index in [1.54, 1.807) is 6.92 Å². The number of aliphatic hydroxyl groups excluding tert-OH is 2. The molecule has 0 aliphatic rings. The number of aromatic nitrogens is 1. The Morgan fingerprint density at radius 3 is 2.60 bits per heavy atom. The third kappa shape index (κ3) is 2.84. The summed E-state index contributed by atoms with van der Waals surface area (Å²) in [6.07, 6.45) is 0. The van der Waals surface area contributed by atoms with Gasteiger partial charge in [0.1, 0.15) is 6.54 Å². The van der Waals surface area contributed by atoms with Crippen molar-refractivity contribution in [1.82, 2.24) is 9.88 Å². The van der Waals surface area contributed by atoms with Crippen LogP contribution in [0.2, 0.25) is 0 Å². The van der Waals surface area contributed by atoms with Crippen LogP contribution in [0.15, 0.2) is 30.3 Å². The van der Waals surface area contributed by atoms with Crippen LogP contribution in [0.1, 0.15) is 12.6 Å². The topological polar surface area (TPSA) is 74.5 Å². The first kappa shape index (κ1) is 14.6. The van der Waals surface area contributed by atoms with Gasteiger partial charge in [0.05, 0.1) is 18.8 Å². The predicted molar refractivity (Wildman–Crippen MR) is 77.4 cm³/mol. The summed E-state index contributed by atoms with van der Waals surface area (Å²) in [5.41, 5.74) is 0.999. The Balaban J connectivity index is 2.20. The fourth-order valence-corrected chi connectivity index (χ4v) is 2.21. The van der Waals surface area contributed by atoms with Gasteiger partial charge in [0, 0.05) is 11.2 Å². The number of rotatable bonds is 5. The lowest BCUT2D eigenvalue weighted by molar-refractivity contribution is -0.124. The first-order valence-electron chi connectivity index (χ1n) is 6.57. The number of benzene rings is 1. The van der Waals surface area contributed by atoms with Crippen LogP contribution in [0.5, 0.6) is 0 Å². The first-order valence-corrected chi connectivity index (χ1v) is 6.57. The first-order chi connectivity index (χ1) is 9.49. The second kappa shape index (κ2) is 5.64. The summed E-state index contributed by atoms with van der Waals surface area (Å²) in [7, 11) is 0. The number of fused-ring (bicyclic) bond motifs is 1. The van der Waals surface area contributed by atoms with Crippen molar-refractivity contribution >= 4 is 16.8 Å². The minimum absolute atomic E-state index is 0.162. The maximum Gasteiger partial charge on any atom is 0.240 e. The second-order valence-corrected chi connectivity index (χ2v) is 5.36. The summed E-state index contributed by atoms with van der Waals surface area (Å²) in [6, 6.07) is 9.89. The highest BCUT2D eigenvalue weighted by molar-refractivity contribution is 5.84. The van der Waals surface area contributed by atoms with Gasteiger partial charge in [-0.1, -0.05) is 18.2 Å². The molecule has 0 aliphatic heterocycles. The van der Waals surface area contributed by atoms with Gasteiger partial charge in [-0.2, -0.15) is 0 Å². The zero-order chi connectivity index (χ0) is 14.8. The van der Waals surface area contributed by atoms with Gasteiger partial charge in [0.15, 0.2) is 0 Å². The molecular weight excluding hydrogens is 256 g/mol. The summed E-state index contributed by atoms with van der Waals surface area (Å²) in [5.74, 6) is -0.236. The highest BCUT2D eigenvalue weighted by Crippen LogP contribution is 2.19. The smallest absolute Gasteiger partial charge is 0.240 e. The molecule has 1 aromatic heterocycles. The molecule has 0 spiro atoms. The molecule has 2 aromatic rings. The number of carbonyl (C=O) groups is 1. The van der Waals surface area contributed by atoms with Crippen LogP contribution in [0.3, 0.4) is 0 Å². The molecule has 0 radical (unpaired) electrons. The molecule has 0 bridgehead atoms. The molecule has 5 nitrogen and oxygen atoms in total. The number of aryl methyl sites for hydroxylation is 1. The minimum Gasteiger partial charge on any atom is -0.394 e. The molecule has 108 valence electrons. The molecule has 20 heavy (non-hydrogen) atoms. The van der Waals surface area contributed by atoms with Gasteiger partial charge in [0.25, 0.3) is 0 Å². The fraction of sp³-hybridized carbons (Fsp3) is 0.400. The van der Waals surface area contributed by atoms with E-state index in [9.17, 15) is 15.0 Å². The number of amides is 1. The Kier molecular flexibility index (Phi) is 4.11. The molecule has 0 fully saturated rings. The van der Waals surface area contributed by atoms with Crippen LogP contribution in [0, 0.1) is 6.92 Å². The Labute approximate surface area is 117 Å². The third-order valence-corrected chi connectivity index (χ3v) is 3.46. The number of nitrogens with one attached hydrogen (secondary N) is 1. The second-order valence-electron chi connectivity index (χ2n) is 5.36. The van der Waals surface area contributed by atoms with Gasteiger partial charge >= 0.3 is 0 Å². The minimum atomic E-state index is -0.992. The van der Waals surface area contributed by atoms with E-state index in [2.05, 4.69) is 5.32 Å². The lowest BCUT2D eigenvalue weighted by Gasteiger charge is -2.26. The molecule has 5 heteroatoms. The van der Waals surface area contributed by atoms with E-state index in [1.807, 2.05) is 41.8 Å². The quantitative estimate of drug-likeness (QED) is 0.756. The van der Waals surface area contributed by atoms with Gasteiger partial charge in [-0.3, -0.25) is 4.79 Å². The van der Waals surface area contributed by atoms with Crippen molar-refractivity contribution in [1.29, 1.82) is 0 Å². The molecule has 0 saturated heterocycles. The van der Waals surface area contributed by atoms with Crippen molar-refractivity contribution in [3.05, 3.63) is 36.0 Å². The number of para-hydroxylation sites is 1. The molecule has 1 aromatic carbocycles. The van der Waals surface area contributed by atoms with Gasteiger partial charge < -0.3 is 20.1 Å². The van der Waals surface area contributed by atoms with Crippen molar-refractivity contribution in [2.75, 3.05) is 13.2 Å². The summed E-state index contributed by atoms with van der Waals surface area (Å²) in [6.45, 7) is 3.10. The van der Waals surface area contributed by atoms with Gasteiger partial charge in [0.2, 0.25) is 5.91 Å². The molecular formula is C15H20N2O3. The Morgan fingerprint density at radius 2 is 1.95 bits per heavy atom. The van der Waals surface area contributed by atoms with E-state index in [1.165, 1.54) is 0 Å². The van der Waals surface area contributed by atoms with Crippen LogP contribution in [0.4, 0.5) is 0 Å². The number of carbonyl (C=O) groups excluding carboxylic acids is 1. The molecule has 2 rings (SSSR count). The van der Waals surface area contributed by atoms with Crippen molar-refractivity contribution in [3.8, 4) is 0 Å². The van der Waals surface area contributed by atoms with Crippen molar-refractivity contribution < 1.29 is 15.0 Å². The standard InChI is InChI=1S/C15H20N2O3/c1-11-7-12-5-3-4-6-13(12)17(11)8-14(20)16-15(2,9-18)10-19/h3-7,18-19H,8-10H2,1-2H3,(H,16,20). The van der Waals surface area contributed by atoms with Gasteiger partial charge in [-0.25, -0.2) is 0 Å². The molecule has 0 saturated carbocycles. The largest absolute Gasteiger partial charge is 0.394 e. The van der Waals surface area contributed by atoms with E-state index < -0.39 is 5.54 Å². The molecule has 0 atom stereocenters. The van der Waals surface area contributed by atoms with E-state index in [4.69, 9.17) is 0 Å². The highest BCUT2D eigenvalue weighted by atomic mass is 16.3. The molecule has 1 amide bonds. The number of hydrogen-bond acceptors (Lipinski definition) is 3. The normalized spacial score (nSPS) is 11.8. The van der Waals surface area contributed by atoms with E-state index in [-0.39, 0.29) is 25.7 Å². The maximum atomic E-state index is 12.1. The monoisotopic (exact) mass is 276 g/mol. The Bertz CT molecular complexity index is 615. The van der Waals surface area contributed by atoms with Crippen LogP contribution < -0.4 is 5.32 Å². The van der Waals surface area contributed by atoms with Crippen molar-refractivity contribution in [2.24, 2.45) is 0 Å².